The van der Waals surface area contributed by atoms with Crippen molar-refractivity contribution in [2.75, 3.05) is 13.7 Å². The van der Waals surface area contributed by atoms with Crippen molar-refractivity contribution >= 4 is 41.0 Å². The first-order valence-electron chi connectivity index (χ1n) is 6.88. The molecule has 0 aliphatic carbocycles. The molecule has 25 heavy (non-hydrogen) atoms. The minimum Gasteiger partial charge on any atom is -0.497 e. The zero-order chi connectivity index (χ0) is 18.4. The molecule has 0 aliphatic rings. The Morgan fingerprint density at radius 3 is 2.40 bits per heavy atom. The number of esters is 1. The molecule has 1 N–H and O–H groups in total. The molecule has 9 heteroatoms. The Labute approximate surface area is 152 Å². The molecule has 130 valence electrons. The largest absolute Gasteiger partial charge is 0.497 e. The number of carbonyl (C=O) groups excluding carboxylic acids is 3. The van der Waals surface area contributed by atoms with E-state index in [1.165, 1.54) is 31.4 Å². The zero-order valence-electron chi connectivity index (χ0n) is 12.9. The molecule has 7 nitrogen and oxygen atoms in total. The van der Waals surface area contributed by atoms with Gasteiger partial charge in [0.2, 0.25) is 0 Å². The van der Waals surface area contributed by atoms with Gasteiger partial charge >= 0.3 is 5.97 Å². The predicted molar refractivity (Wildman–Crippen MR) is 90.0 cm³/mol. The average molecular weight is 383 g/mol. The number of nitrogens with one attached hydrogen (secondary N) is 1. The Balaban J connectivity index is 1.90. The van der Waals surface area contributed by atoms with Crippen LogP contribution in [0.25, 0.3) is 0 Å². The van der Waals surface area contributed by atoms with Gasteiger partial charge in [0.15, 0.2) is 12.3 Å². The highest BCUT2D eigenvalue weighted by Gasteiger charge is 2.17. The molecule has 0 spiro atoms. The van der Waals surface area contributed by atoms with Gasteiger partial charge in [0.05, 0.1) is 12.1 Å². The van der Waals surface area contributed by atoms with Gasteiger partial charge in [-0.2, -0.15) is 0 Å². The third-order valence-corrected chi connectivity index (χ3v) is 3.46. The summed E-state index contributed by atoms with van der Waals surface area (Å²) in [5, 5.41) is 2.17. The van der Waals surface area contributed by atoms with Crippen LogP contribution in [-0.2, 0) is 9.53 Å². The highest BCUT2D eigenvalue weighted by Crippen LogP contribution is 2.17. The number of hydrogen-bond acceptors (Lipinski definition) is 6. The summed E-state index contributed by atoms with van der Waals surface area (Å²) >= 11 is 11.5. The smallest absolute Gasteiger partial charge is 0.359 e. The first-order valence-corrected chi connectivity index (χ1v) is 7.63. The van der Waals surface area contributed by atoms with Gasteiger partial charge in [-0.05, 0) is 36.4 Å². The van der Waals surface area contributed by atoms with E-state index in [9.17, 15) is 14.4 Å². The molecule has 0 saturated heterocycles. The molecule has 1 heterocycles. The molecular weight excluding hydrogens is 371 g/mol. The van der Waals surface area contributed by atoms with Crippen molar-refractivity contribution in [3.8, 4) is 5.75 Å². The minimum absolute atomic E-state index is 0.0316. The molecule has 0 saturated carbocycles. The Kier molecular flexibility index (Phi) is 6.32. The van der Waals surface area contributed by atoms with Gasteiger partial charge < -0.3 is 9.47 Å². The summed E-state index contributed by atoms with van der Waals surface area (Å²) in [5.74, 6) is -1.79. The summed E-state index contributed by atoms with van der Waals surface area (Å²) < 4.78 is 9.74. The van der Waals surface area contributed by atoms with Crippen LogP contribution in [0.4, 0.5) is 0 Å². The van der Waals surface area contributed by atoms with Crippen molar-refractivity contribution in [1.29, 1.82) is 0 Å². The van der Waals surface area contributed by atoms with Gasteiger partial charge in [-0.15, -0.1) is 0 Å². The molecule has 0 radical (unpaired) electrons. The summed E-state index contributed by atoms with van der Waals surface area (Å²) in [4.78, 5) is 39.2. The number of hydrogen-bond donors (Lipinski definition) is 1. The lowest BCUT2D eigenvalue weighted by Gasteiger charge is -2.07. The van der Waals surface area contributed by atoms with Crippen LogP contribution in [0.1, 0.15) is 20.8 Å². The van der Waals surface area contributed by atoms with Crippen molar-refractivity contribution in [3.63, 3.8) is 0 Å². The second kappa shape index (κ2) is 8.46. The normalized spacial score (nSPS) is 10.0. The Hall–Kier alpha value is -2.64. The van der Waals surface area contributed by atoms with Crippen LogP contribution in [0.3, 0.4) is 0 Å². The highest BCUT2D eigenvalue weighted by molar-refractivity contribution is 6.34. The molecule has 1 aromatic heterocycles. The van der Waals surface area contributed by atoms with E-state index >= 15 is 0 Å². The predicted octanol–water partition coefficient (Wildman–Crippen LogP) is 2.51. The van der Waals surface area contributed by atoms with E-state index in [2.05, 4.69) is 10.3 Å². The van der Waals surface area contributed by atoms with Crippen LogP contribution in [0.5, 0.6) is 5.75 Å². The van der Waals surface area contributed by atoms with Gasteiger partial charge in [-0.3, -0.25) is 14.9 Å². The molecule has 0 aliphatic heterocycles. The van der Waals surface area contributed by atoms with Gasteiger partial charge in [0.1, 0.15) is 10.9 Å². The molecule has 0 bridgehead atoms. The van der Waals surface area contributed by atoms with E-state index in [0.29, 0.717) is 5.75 Å². The fourth-order valence-corrected chi connectivity index (χ4v) is 2.07. The summed E-state index contributed by atoms with van der Waals surface area (Å²) in [7, 11) is 1.49. The monoisotopic (exact) mass is 382 g/mol. The molecule has 0 unspecified atom stereocenters. The maximum atomic E-state index is 11.9. The molecule has 2 aromatic rings. The third-order valence-electron chi connectivity index (χ3n) is 2.94. The number of amides is 2. The zero-order valence-corrected chi connectivity index (χ0v) is 14.4. The number of carbonyl (C=O) groups is 3. The molecule has 2 rings (SSSR count). The molecule has 0 atom stereocenters. The van der Waals surface area contributed by atoms with Crippen LogP contribution in [0, 0.1) is 0 Å². The second-order valence-electron chi connectivity index (χ2n) is 4.65. The van der Waals surface area contributed by atoms with Crippen molar-refractivity contribution in [2.24, 2.45) is 0 Å². The number of rotatable bonds is 5. The van der Waals surface area contributed by atoms with Gasteiger partial charge in [0, 0.05) is 5.56 Å². The number of ether oxygens (including phenoxy) is 2. The SMILES string of the molecule is COc1ccc(C(=O)NC(=O)COC(=O)c2nc(Cl)ccc2Cl)cc1. The van der Waals surface area contributed by atoms with Gasteiger partial charge in [-0.25, -0.2) is 9.78 Å². The van der Waals surface area contributed by atoms with E-state index in [4.69, 9.17) is 32.7 Å². The molecular formula is C16H12Cl2N2O5. The first-order chi connectivity index (χ1) is 11.9. The standard InChI is InChI=1S/C16H12Cl2N2O5/c1-24-10-4-2-9(3-5-10)15(22)20-13(21)8-25-16(23)14-11(17)6-7-12(18)19-14/h2-7H,8H2,1H3,(H,20,21,22). The lowest BCUT2D eigenvalue weighted by atomic mass is 10.2. The Bertz CT molecular complexity index is 809. The highest BCUT2D eigenvalue weighted by atomic mass is 35.5. The minimum atomic E-state index is -0.931. The Morgan fingerprint density at radius 1 is 1.08 bits per heavy atom. The first kappa shape index (κ1) is 18.7. The Morgan fingerprint density at radius 2 is 1.76 bits per heavy atom. The fourth-order valence-electron chi connectivity index (χ4n) is 1.74. The number of pyridine rings is 1. The number of methoxy groups -OCH3 is 1. The van der Waals surface area contributed by atoms with Crippen LogP contribution >= 0.6 is 23.2 Å². The summed E-state index contributed by atoms with van der Waals surface area (Å²) in [6.45, 7) is -0.675. The van der Waals surface area contributed by atoms with E-state index < -0.39 is 24.4 Å². The van der Waals surface area contributed by atoms with Crippen molar-refractivity contribution in [2.45, 2.75) is 0 Å². The van der Waals surface area contributed by atoms with E-state index in [-0.39, 0.29) is 21.4 Å². The lowest BCUT2D eigenvalue weighted by Crippen LogP contribution is -2.34. The fraction of sp³-hybridized carbons (Fsp3) is 0.125. The van der Waals surface area contributed by atoms with E-state index in [1.54, 1.807) is 12.1 Å². The van der Waals surface area contributed by atoms with Gasteiger partial charge in [-0.1, -0.05) is 23.2 Å². The maximum absolute atomic E-state index is 11.9. The number of halogens is 2. The van der Waals surface area contributed by atoms with Crippen LogP contribution in [0.15, 0.2) is 36.4 Å². The summed E-state index contributed by atoms with van der Waals surface area (Å²) in [6.07, 6.45) is 0. The second-order valence-corrected chi connectivity index (χ2v) is 5.44. The molecule has 0 fully saturated rings. The van der Waals surface area contributed by atoms with Crippen LogP contribution < -0.4 is 10.1 Å². The lowest BCUT2D eigenvalue weighted by molar-refractivity contribution is -0.123. The summed E-state index contributed by atoms with van der Waals surface area (Å²) in [6, 6.07) is 8.91. The summed E-state index contributed by atoms with van der Waals surface area (Å²) in [5.41, 5.74) is 0.0310. The quantitative estimate of drug-likeness (QED) is 0.630. The van der Waals surface area contributed by atoms with Crippen molar-refractivity contribution in [3.05, 3.63) is 57.8 Å². The van der Waals surface area contributed by atoms with Crippen LogP contribution in [0.2, 0.25) is 10.2 Å². The van der Waals surface area contributed by atoms with E-state index in [0.717, 1.165) is 0 Å². The number of nitrogens with zero attached hydrogens (tertiary/aromatic N) is 1. The van der Waals surface area contributed by atoms with Gasteiger partial charge in [0.25, 0.3) is 11.8 Å². The molecule has 2 amide bonds. The van der Waals surface area contributed by atoms with Crippen molar-refractivity contribution < 1.29 is 23.9 Å². The van der Waals surface area contributed by atoms with Crippen LogP contribution in [-0.4, -0.2) is 36.5 Å². The number of aromatic nitrogens is 1. The number of benzene rings is 1. The number of imide groups is 1. The maximum Gasteiger partial charge on any atom is 0.359 e. The average Bonchev–Trinajstić information content (AvgIpc) is 2.61. The molecule has 1 aromatic carbocycles. The topological polar surface area (TPSA) is 94.6 Å². The third kappa shape index (κ3) is 5.17. The van der Waals surface area contributed by atoms with E-state index in [1.807, 2.05) is 0 Å². The van der Waals surface area contributed by atoms with Crippen molar-refractivity contribution in [1.82, 2.24) is 10.3 Å².